The third-order valence-electron chi connectivity index (χ3n) is 3.83. The molecule has 4 nitrogen and oxygen atoms in total. The maximum atomic E-state index is 13.4. The summed E-state index contributed by atoms with van der Waals surface area (Å²) in [6.07, 6.45) is 10.8. The van der Waals surface area contributed by atoms with Crippen molar-refractivity contribution in [3.05, 3.63) is 93.2 Å². The highest BCUT2D eigenvalue weighted by molar-refractivity contribution is 14.1. The molecule has 1 aromatic carbocycles. The van der Waals surface area contributed by atoms with Crippen LogP contribution in [0.2, 0.25) is 0 Å². The van der Waals surface area contributed by atoms with Gasteiger partial charge in [-0.1, -0.05) is 59.0 Å². The molecule has 1 amide bonds. The van der Waals surface area contributed by atoms with E-state index >= 15 is 0 Å². The topological polar surface area (TPSA) is 54.9 Å². The molecule has 0 saturated carbocycles. The van der Waals surface area contributed by atoms with Crippen molar-refractivity contribution in [2.45, 2.75) is 6.42 Å². The molecule has 0 aliphatic rings. The van der Waals surface area contributed by atoms with E-state index in [1.54, 1.807) is 6.20 Å². The largest absolute Gasteiger partial charge is 0.309 e. The fourth-order valence-electron chi connectivity index (χ4n) is 2.50. The SMILES string of the molecule is O=C(Cc1ccc(F)c(F)c1)Nc1ncc(/C=C/C=C\C=C/I)nc1-c1cccs1. The van der Waals surface area contributed by atoms with Crippen LogP contribution >= 0.6 is 33.9 Å². The first-order valence-electron chi connectivity index (χ1n) is 8.81. The van der Waals surface area contributed by atoms with Crippen LogP contribution in [0.1, 0.15) is 11.3 Å². The van der Waals surface area contributed by atoms with Gasteiger partial charge < -0.3 is 5.32 Å². The van der Waals surface area contributed by atoms with E-state index in [1.807, 2.05) is 52.0 Å². The van der Waals surface area contributed by atoms with Crippen LogP contribution in [0.3, 0.4) is 0 Å². The zero-order valence-electron chi connectivity index (χ0n) is 15.6. The van der Waals surface area contributed by atoms with Crippen molar-refractivity contribution in [1.29, 1.82) is 0 Å². The number of hydrogen-bond donors (Lipinski definition) is 1. The predicted molar refractivity (Wildman–Crippen MR) is 125 cm³/mol. The van der Waals surface area contributed by atoms with E-state index < -0.39 is 17.5 Å². The number of benzene rings is 1. The lowest BCUT2D eigenvalue weighted by Crippen LogP contribution is -2.16. The highest BCUT2D eigenvalue weighted by Crippen LogP contribution is 2.29. The Balaban J connectivity index is 1.81. The van der Waals surface area contributed by atoms with Crippen molar-refractivity contribution in [1.82, 2.24) is 9.97 Å². The van der Waals surface area contributed by atoms with Crippen molar-refractivity contribution in [2.75, 3.05) is 5.32 Å². The van der Waals surface area contributed by atoms with Crippen LogP contribution in [-0.2, 0) is 11.2 Å². The Bertz CT molecular complexity index is 1110. The third kappa shape index (κ3) is 6.14. The molecular formula is C22H16F2IN3OS. The van der Waals surface area contributed by atoms with E-state index in [0.717, 1.165) is 17.0 Å². The highest BCUT2D eigenvalue weighted by atomic mass is 127. The summed E-state index contributed by atoms with van der Waals surface area (Å²) in [6, 6.07) is 7.16. The number of carbonyl (C=O) groups is 1. The molecule has 0 aliphatic heterocycles. The Kier molecular flexibility index (Phi) is 7.97. The molecule has 30 heavy (non-hydrogen) atoms. The zero-order chi connectivity index (χ0) is 21.3. The van der Waals surface area contributed by atoms with E-state index in [0.29, 0.717) is 22.8 Å². The van der Waals surface area contributed by atoms with Gasteiger partial charge in [0.15, 0.2) is 17.5 Å². The Morgan fingerprint density at radius 2 is 1.97 bits per heavy atom. The van der Waals surface area contributed by atoms with Crippen LogP contribution < -0.4 is 5.32 Å². The second-order valence-electron chi connectivity index (χ2n) is 6.01. The van der Waals surface area contributed by atoms with E-state index in [2.05, 4.69) is 37.9 Å². The Hall–Kier alpha value is -2.72. The molecule has 0 unspecified atom stereocenters. The van der Waals surface area contributed by atoms with E-state index in [9.17, 15) is 13.6 Å². The van der Waals surface area contributed by atoms with Gasteiger partial charge in [-0.05, 0) is 39.3 Å². The van der Waals surface area contributed by atoms with Crippen LogP contribution in [0, 0.1) is 11.6 Å². The number of amides is 1. The van der Waals surface area contributed by atoms with Crippen LogP contribution in [0.5, 0.6) is 0 Å². The number of hydrogen-bond acceptors (Lipinski definition) is 4. The molecule has 3 rings (SSSR count). The number of anilines is 1. The van der Waals surface area contributed by atoms with Gasteiger partial charge in [0.2, 0.25) is 5.91 Å². The van der Waals surface area contributed by atoms with Crippen molar-refractivity contribution in [3.8, 4) is 10.6 Å². The lowest BCUT2D eigenvalue weighted by Gasteiger charge is -2.09. The average molecular weight is 535 g/mol. The minimum absolute atomic E-state index is 0.112. The van der Waals surface area contributed by atoms with Crippen LogP contribution in [0.15, 0.2) is 70.3 Å². The zero-order valence-corrected chi connectivity index (χ0v) is 18.5. The molecule has 3 aromatic rings. The highest BCUT2D eigenvalue weighted by Gasteiger charge is 2.14. The summed E-state index contributed by atoms with van der Waals surface area (Å²) in [4.78, 5) is 22.2. The number of rotatable bonds is 7. The second kappa shape index (κ2) is 10.9. The number of nitrogens with zero attached hydrogens (tertiary/aromatic N) is 2. The van der Waals surface area contributed by atoms with Crippen molar-refractivity contribution >= 4 is 51.7 Å². The van der Waals surface area contributed by atoms with Crippen molar-refractivity contribution in [2.24, 2.45) is 0 Å². The molecule has 152 valence electrons. The first-order chi connectivity index (χ1) is 14.6. The van der Waals surface area contributed by atoms with Gasteiger partial charge >= 0.3 is 0 Å². The van der Waals surface area contributed by atoms with Crippen LogP contribution in [0.4, 0.5) is 14.6 Å². The van der Waals surface area contributed by atoms with Gasteiger partial charge in [0.1, 0.15) is 5.69 Å². The lowest BCUT2D eigenvalue weighted by molar-refractivity contribution is -0.115. The van der Waals surface area contributed by atoms with E-state index in [-0.39, 0.29) is 6.42 Å². The Morgan fingerprint density at radius 3 is 2.70 bits per heavy atom. The molecule has 2 heterocycles. The Labute approximate surface area is 190 Å². The maximum absolute atomic E-state index is 13.4. The molecule has 0 radical (unpaired) electrons. The summed E-state index contributed by atoms with van der Waals surface area (Å²) in [5.74, 6) is -2.03. The Morgan fingerprint density at radius 1 is 1.13 bits per heavy atom. The minimum atomic E-state index is -0.987. The van der Waals surface area contributed by atoms with Gasteiger partial charge in [-0.3, -0.25) is 4.79 Å². The monoisotopic (exact) mass is 535 g/mol. The minimum Gasteiger partial charge on any atom is -0.309 e. The van der Waals surface area contributed by atoms with Gasteiger partial charge in [0, 0.05) is 0 Å². The third-order valence-corrected chi connectivity index (χ3v) is 5.12. The molecule has 0 aliphatic carbocycles. The number of allylic oxidation sites excluding steroid dienone is 4. The predicted octanol–water partition coefficient (Wildman–Crippen LogP) is 6.18. The summed E-state index contributed by atoms with van der Waals surface area (Å²) < 4.78 is 28.4. The molecule has 0 fully saturated rings. The standard InChI is InChI=1S/C22H16F2IN3OS/c23-17-9-8-15(12-18(17)24)13-20(29)28-22-21(19-7-5-11-30-19)27-16(14-26-22)6-3-1-2-4-10-25/h1-12,14H,13H2,(H,26,28,29)/b2-1-,6-3+,10-4-. The first-order valence-corrected chi connectivity index (χ1v) is 10.9. The van der Waals surface area contributed by atoms with E-state index in [4.69, 9.17) is 0 Å². The fourth-order valence-corrected chi connectivity index (χ4v) is 3.45. The summed E-state index contributed by atoms with van der Waals surface area (Å²) in [5.41, 5.74) is 1.55. The second-order valence-corrected chi connectivity index (χ2v) is 7.67. The fraction of sp³-hybridized carbons (Fsp3) is 0.0455. The lowest BCUT2D eigenvalue weighted by atomic mass is 10.1. The smallest absolute Gasteiger partial charge is 0.230 e. The maximum Gasteiger partial charge on any atom is 0.230 e. The summed E-state index contributed by atoms with van der Waals surface area (Å²) >= 11 is 3.61. The van der Waals surface area contributed by atoms with Crippen LogP contribution in [-0.4, -0.2) is 15.9 Å². The van der Waals surface area contributed by atoms with E-state index in [1.165, 1.54) is 17.4 Å². The molecule has 0 bridgehead atoms. The van der Waals surface area contributed by atoms with Gasteiger partial charge in [-0.25, -0.2) is 18.7 Å². The van der Waals surface area contributed by atoms with Gasteiger partial charge in [-0.2, -0.15) is 0 Å². The van der Waals surface area contributed by atoms with Gasteiger partial charge in [0.05, 0.1) is 23.2 Å². The molecule has 1 N–H and O–H groups in total. The summed E-state index contributed by atoms with van der Waals surface area (Å²) in [6.45, 7) is 0. The van der Waals surface area contributed by atoms with Gasteiger partial charge in [0.25, 0.3) is 0 Å². The van der Waals surface area contributed by atoms with Gasteiger partial charge in [-0.15, -0.1) is 11.3 Å². The number of aromatic nitrogens is 2. The number of thiophene rings is 1. The summed E-state index contributed by atoms with van der Waals surface area (Å²) in [5, 5.41) is 4.63. The van der Waals surface area contributed by atoms with Crippen LogP contribution in [0.25, 0.3) is 16.6 Å². The number of halogens is 3. The normalized spacial score (nSPS) is 11.7. The van der Waals surface area contributed by atoms with Crippen molar-refractivity contribution in [3.63, 3.8) is 0 Å². The quantitative estimate of drug-likeness (QED) is 0.290. The molecule has 0 spiro atoms. The molecule has 0 atom stereocenters. The average Bonchev–Trinajstić information content (AvgIpc) is 3.26. The number of carbonyl (C=O) groups excluding carboxylic acids is 1. The first kappa shape index (κ1) is 22.0. The molecule has 8 heteroatoms. The summed E-state index contributed by atoms with van der Waals surface area (Å²) in [7, 11) is 0. The molecule has 0 saturated heterocycles. The number of nitrogens with one attached hydrogen (secondary N) is 1. The molecular weight excluding hydrogens is 519 g/mol. The van der Waals surface area contributed by atoms with Crippen molar-refractivity contribution < 1.29 is 13.6 Å². The molecule has 2 aromatic heterocycles.